The van der Waals surface area contributed by atoms with E-state index in [-0.39, 0.29) is 20.0 Å². The average molecular weight is 178 g/mol. The Bertz CT molecular complexity index is 216. The molecule has 0 radical (unpaired) electrons. The quantitative estimate of drug-likeness (QED) is 0.675. The first kappa shape index (κ1) is 10.2. The first-order valence-electron chi connectivity index (χ1n) is 2.76. The second-order valence-corrected chi connectivity index (χ2v) is 1.75. The maximum absolute atomic E-state index is 11.5. The Balaban J connectivity index is 0.000001000. The lowest BCUT2D eigenvalue weighted by molar-refractivity contribution is 0.416. The van der Waals surface area contributed by atoms with E-state index in [0.717, 1.165) is 6.08 Å². The molecular formula is C6H8F2N2S. The molecule has 2 nitrogen and oxygen atoms in total. The molecule has 1 heterocycles. The van der Waals surface area contributed by atoms with Crippen LogP contribution in [0, 0.1) is 0 Å². The van der Waals surface area contributed by atoms with Gasteiger partial charge in [0.15, 0.2) is 0 Å². The average Bonchev–Trinajstić information content (AvgIpc) is 2.34. The van der Waals surface area contributed by atoms with Crippen molar-refractivity contribution in [1.29, 1.82) is 0 Å². The lowest BCUT2D eigenvalue weighted by Gasteiger charge is -1.91. The van der Waals surface area contributed by atoms with Crippen molar-refractivity contribution < 1.29 is 8.78 Å². The molecule has 0 saturated carbocycles. The molecule has 0 aliphatic carbocycles. The third-order valence-corrected chi connectivity index (χ3v) is 1.02. The highest BCUT2D eigenvalue weighted by Crippen LogP contribution is 1.97. The van der Waals surface area contributed by atoms with Crippen LogP contribution in [0.2, 0.25) is 0 Å². The van der Waals surface area contributed by atoms with Gasteiger partial charge in [0.2, 0.25) is 0 Å². The predicted octanol–water partition coefficient (Wildman–Crippen LogP) is 1.78. The van der Waals surface area contributed by atoms with Crippen LogP contribution in [0.1, 0.15) is 0 Å². The maximum Gasteiger partial charge on any atom is 0.268 e. The number of halogens is 2. The van der Waals surface area contributed by atoms with Crippen LogP contribution in [0.15, 0.2) is 30.9 Å². The van der Waals surface area contributed by atoms with E-state index in [1.807, 2.05) is 0 Å². The fraction of sp³-hybridized carbons (Fsp3) is 0.167. The maximum atomic E-state index is 11.5. The number of imidazole rings is 1. The van der Waals surface area contributed by atoms with Gasteiger partial charge >= 0.3 is 0 Å². The van der Waals surface area contributed by atoms with Gasteiger partial charge in [0, 0.05) is 25.0 Å². The summed E-state index contributed by atoms with van der Waals surface area (Å²) in [4.78, 5) is 3.69. The Morgan fingerprint density at radius 1 is 1.55 bits per heavy atom. The lowest BCUT2D eigenvalue weighted by atomic mass is 10.6. The van der Waals surface area contributed by atoms with E-state index < -0.39 is 6.08 Å². The van der Waals surface area contributed by atoms with Crippen LogP contribution >= 0.6 is 13.5 Å². The molecular weight excluding hydrogens is 170 g/mol. The van der Waals surface area contributed by atoms with E-state index in [0.29, 0.717) is 0 Å². The van der Waals surface area contributed by atoms with Gasteiger partial charge in [0.1, 0.15) is 0 Å². The van der Waals surface area contributed by atoms with Gasteiger partial charge in [0.25, 0.3) is 6.08 Å². The first-order chi connectivity index (χ1) is 4.79. The van der Waals surface area contributed by atoms with E-state index in [1.54, 1.807) is 17.0 Å². The monoisotopic (exact) mass is 178 g/mol. The molecule has 1 aromatic rings. The van der Waals surface area contributed by atoms with Crippen molar-refractivity contribution in [2.24, 2.45) is 0 Å². The van der Waals surface area contributed by atoms with Gasteiger partial charge in [-0.25, -0.2) is 4.98 Å². The summed E-state index contributed by atoms with van der Waals surface area (Å²) in [6.07, 6.45) is 3.83. The number of allylic oxidation sites excluding steroid dienone is 1. The summed E-state index contributed by atoms with van der Waals surface area (Å²) < 4.78 is 24.5. The molecule has 5 heteroatoms. The molecule has 1 aromatic heterocycles. The zero-order chi connectivity index (χ0) is 7.40. The minimum atomic E-state index is -1.66. The van der Waals surface area contributed by atoms with Crippen molar-refractivity contribution in [2.45, 2.75) is 6.54 Å². The van der Waals surface area contributed by atoms with Crippen LogP contribution in [0.3, 0.4) is 0 Å². The zero-order valence-corrected chi connectivity index (χ0v) is 6.67. The van der Waals surface area contributed by atoms with Crippen molar-refractivity contribution in [2.75, 3.05) is 0 Å². The van der Waals surface area contributed by atoms with Crippen LogP contribution in [-0.4, -0.2) is 9.55 Å². The molecule has 0 bridgehead atoms. The number of nitrogens with zero attached hydrogens (tertiary/aromatic N) is 2. The van der Waals surface area contributed by atoms with Gasteiger partial charge in [-0.2, -0.15) is 22.3 Å². The van der Waals surface area contributed by atoms with Gasteiger partial charge in [-0.1, -0.05) is 0 Å². The fourth-order valence-corrected chi connectivity index (χ4v) is 0.569. The predicted molar refractivity (Wildman–Crippen MR) is 42.9 cm³/mol. The molecule has 0 saturated heterocycles. The Morgan fingerprint density at radius 3 is 2.73 bits per heavy atom. The van der Waals surface area contributed by atoms with Gasteiger partial charge in [-0.3, -0.25) is 0 Å². The van der Waals surface area contributed by atoms with Crippen LogP contribution in [-0.2, 0) is 6.54 Å². The van der Waals surface area contributed by atoms with Crippen molar-refractivity contribution in [3.8, 4) is 0 Å². The summed E-state index contributed by atoms with van der Waals surface area (Å²) in [5.74, 6) is 0. The SMILES string of the molecule is FC(F)=CCn1ccnc1.S. The number of hydrogen-bond acceptors (Lipinski definition) is 1. The second kappa shape index (κ2) is 4.90. The van der Waals surface area contributed by atoms with Crippen molar-refractivity contribution in [3.63, 3.8) is 0 Å². The summed E-state index contributed by atoms with van der Waals surface area (Å²) >= 11 is 0. The Kier molecular flexibility index (Phi) is 4.52. The molecule has 0 amide bonds. The molecule has 0 unspecified atom stereocenters. The molecule has 1 rings (SSSR count). The summed E-state index contributed by atoms with van der Waals surface area (Å²) in [5.41, 5.74) is 0. The van der Waals surface area contributed by atoms with Gasteiger partial charge < -0.3 is 4.57 Å². The molecule has 0 spiro atoms. The van der Waals surface area contributed by atoms with Crippen molar-refractivity contribution in [3.05, 3.63) is 30.9 Å². The number of hydrogen-bond donors (Lipinski definition) is 0. The molecule has 0 aliphatic rings. The van der Waals surface area contributed by atoms with Crippen molar-refractivity contribution in [1.82, 2.24) is 9.55 Å². The summed E-state index contributed by atoms with van der Waals surface area (Å²) in [5, 5.41) is 0. The Hall–Kier alpha value is -0.840. The summed E-state index contributed by atoms with van der Waals surface area (Å²) in [7, 11) is 0. The van der Waals surface area contributed by atoms with E-state index in [9.17, 15) is 8.78 Å². The molecule has 62 valence electrons. The number of aromatic nitrogens is 2. The minimum absolute atomic E-state index is 0. The Morgan fingerprint density at radius 2 is 2.27 bits per heavy atom. The highest BCUT2D eigenvalue weighted by Gasteiger charge is 1.88. The molecule has 0 fully saturated rings. The zero-order valence-electron chi connectivity index (χ0n) is 5.67. The Labute approximate surface area is 70.0 Å². The topological polar surface area (TPSA) is 17.8 Å². The van der Waals surface area contributed by atoms with Crippen LogP contribution < -0.4 is 0 Å². The van der Waals surface area contributed by atoms with E-state index in [1.165, 1.54) is 6.33 Å². The smallest absolute Gasteiger partial charge is 0.268 e. The van der Waals surface area contributed by atoms with E-state index in [2.05, 4.69) is 4.98 Å². The fourth-order valence-electron chi connectivity index (χ4n) is 0.569. The van der Waals surface area contributed by atoms with Crippen molar-refractivity contribution >= 4 is 13.5 Å². The third-order valence-electron chi connectivity index (χ3n) is 1.02. The molecule has 0 atom stereocenters. The summed E-state index contributed by atoms with van der Waals surface area (Å²) in [6.45, 7) is 0.183. The van der Waals surface area contributed by atoms with Crippen LogP contribution in [0.5, 0.6) is 0 Å². The highest BCUT2D eigenvalue weighted by molar-refractivity contribution is 7.59. The minimum Gasteiger partial charge on any atom is -0.333 e. The second-order valence-electron chi connectivity index (χ2n) is 1.75. The number of rotatable bonds is 2. The van der Waals surface area contributed by atoms with E-state index >= 15 is 0 Å². The van der Waals surface area contributed by atoms with Gasteiger partial charge in [-0.05, 0) is 0 Å². The largest absolute Gasteiger partial charge is 0.333 e. The normalized spacial score (nSPS) is 8.55. The molecule has 11 heavy (non-hydrogen) atoms. The first-order valence-corrected chi connectivity index (χ1v) is 2.76. The van der Waals surface area contributed by atoms with Crippen LogP contribution in [0.25, 0.3) is 0 Å². The summed E-state index contributed by atoms with van der Waals surface area (Å²) in [6, 6.07) is 0. The lowest BCUT2D eigenvalue weighted by Crippen LogP contribution is -1.89. The molecule has 0 N–H and O–H groups in total. The van der Waals surface area contributed by atoms with E-state index in [4.69, 9.17) is 0 Å². The molecule has 0 aliphatic heterocycles. The van der Waals surface area contributed by atoms with Gasteiger partial charge in [-0.15, -0.1) is 0 Å². The highest BCUT2D eigenvalue weighted by atomic mass is 32.1. The standard InChI is InChI=1S/C6H6F2N2.H2S/c7-6(8)1-3-10-4-2-9-5-10;/h1-2,4-5H,3H2;1H2. The molecule has 0 aromatic carbocycles. The third kappa shape index (κ3) is 3.77. The van der Waals surface area contributed by atoms with Crippen LogP contribution in [0.4, 0.5) is 8.78 Å². The van der Waals surface area contributed by atoms with Gasteiger partial charge in [0.05, 0.1) is 6.33 Å².